The molecule has 3 N–H and O–H groups in total. The van der Waals surface area contributed by atoms with Gasteiger partial charge in [0.15, 0.2) is 0 Å². The van der Waals surface area contributed by atoms with E-state index in [4.69, 9.17) is 10.8 Å². The minimum absolute atomic E-state index is 0.0835. The molecule has 2 bridgehead atoms. The highest BCUT2D eigenvalue weighted by Crippen LogP contribution is 2.47. The van der Waals surface area contributed by atoms with Gasteiger partial charge < -0.3 is 10.8 Å². The van der Waals surface area contributed by atoms with Crippen LogP contribution in [0.15, 0.2) is 0 Å². The number of carboxylic acids is 1. The molecule has 3 nitrogen and oxygen atoms in total. The van der Waals surface area contributed by atoms with Crippen molar-refractivity contribution in [3.05, 3.63) is 0 Å². The fraction of sp³-hybridized carbons (Fsp3) is 0.875. The molecule has 2 fully saturated rings. The van der Waals surface area contributed by atoms with Gasteiger partial charge in [-0.05, 0) is 31.1 Å². The summed E-state index contributed by atoms with van der Waals surface area (Å²) in [5.41, 5.74) is 5.79. The SMILES string of the molecule is NC1C[C@@H]2C[C@H]1CC2C(=O)O. The number of nitrogens with two attached hydrogens (primary N) is 1. The lowest BCUT2D eigenvalue weighted by atomic mass is 9.86. The summed E-state index contributed by atoms with van der Waals surface area (Å²) >= 11 is 0. The van der Waals surface area contributed by atoms with Gasteiger partial charge in [0.2, 0.25) is 0 Å². The molecule has 0 aromatic heterocycles. The lowest BCUT2D eigenvalue weighted by Crippen LogP contribution is -2.32. The van der Waals surface area contributed by atoms with Gasteiger partial charge in [-0.25, -0.2) is 0 Å². The molecule has 2 aliphatic rings. The maximum absolute atomic E-state index is 10.7. The standard InChI is InChI=1S/C8H13NO2/c9-7-3-4-1-5(7)2-6(4)8(10)11/h4-7H,1-3,9H2,(H,10,11)/t4-,5-,6?,7?/m0/s1. The number of aliphatic carboxylic acids is 1. The molecular weight excluding hydrogens is 142 g/mol. The molecule has 62 valence electrons. The van der Waals surface area contributed by atoms with Crippen LogP contribution in [0.5, 0.6) is 0 Å². The molecule has 11 heavy (non-hydrogen) atoms. The van der Waals surface area contributed by atoms with E-state index in [1.807, 2.05) is 0 Å². The molecule has 2 unspecified atom stereocenters. The van der Waals surface area contributed by atoms with Crippen molar-refractivity contribution in [2.24, 2.45) is 23.5 Å². The van der Waals surface area contributed by atoms with Gasteiger partial charge in [0.05, 0.1) is 5.92 Å². The van der Waals surface area contributed by atoms with Crippen molar-refractivity contribution in [3.63, 3.8) is 0 Å². The third-order valence-electron chi connectivity index (χ3n) is 3.23. The molecule has 2 aliphatic carbocycles. The first-order valence-corrected chi connectivity index (χ1v) is 4.17. The van der Waals surface area contributed by atoms with Crippen LogP contribution in [0.4, 0.5) is 0 Å². The molecule has 0 spiro atoms. The normalized spacial score (nSPS) is 48.1. The molecule has 0 aromatic rings. The van der Waals surface area contributed by atoms with Crippen molar-refractivity contribution in [2.45, 2.75) is 25.3 Å². The van der Waals surface area contributed by atoms with E-state index in [0.29, 0.717) is 11.8 Å². The number of fused-ring (bicyclic) bond motifs is 2. The highest BCUT2D eigenvalue weighted by atomic mass is 16.4. The van der Waals surface area contributed by atoms with Gasteiger partial charge in [-0.15, -0.1) is 0 Å². The van der Waals surface area contributed by atoms with Crippen molar-refractivity contribution in [2.75, 3.05) is 0 Å². The molecule has 2 saturated carbocycles. The number of carboxylic acid groups (broad SMARTS) is 1. The third-order valence-corrected chi connectivity index (χ3v) is 3.23. The molecule has 2 rings (SSSR count). The van der Waals surface area contributed by atoms with Crippen molar-refractivity contribution >= 4 is 5.97 Å². The first-order chi connectivity index (χ1) is 5.18. The average Bonchev–Trinajstić information content (AvgIpc) is 2.43. The van der Waals surface area contributed by atoms with Gasteiger partial charge in [-0.1, -0.05) is 0 Å². The average molecular weight is 155 g/mol. The Labute approximate surface area is 65.6 Å². The Bertz CT molecular complexity index is 191. The van der Waals surface area contributed by atoms with Gasteiger partial charge in [0, 0.05) is 6.04 Å². The molecule has 0 aliphatic heterocycles. The van der Waals surface area contributed by atoms with Crippen molar-refractivity contribution < 1.29 is 9.90 Å². The van der Waals surface area contributed by atoms with Crippen LogP contribution in [0.3, 0.4) is 0 Å². The summed E-state index contributed by atoms with van der Waals surface area (Å²) in [5.74, 6) is 0.179. The molecule has 0 heterocycles. The second-order valence-corrected chi connectivity index (χ2v) is 3.84. The van der Waals surface area contributed by atoms with E-state index in [1.165, 1.54) is 0 Å². The lowest BCUT2D eigenvalue weighted by molar-refractivity contribution is -0.143. The van der Waals surface area contributed by atoms with Crippen LogP contribution >= 0.6 is 0 Å². The quantitative estimate of drug-likeness (QED) is 0.577. The zero-order chi connectivity index (χ0) is 8.01. The van der Waals surface area contributed by atoms with Crippen molar-refractivity contribution in [1.82, 2.24) is 0 Å². The van der Waals surface area contributed by atoms with Crippen molar-refractivity contribution in [3.8, 4) is 0 Å². The number of carbonyl (C=O) groups is 1. The fourth-order valence-corrected chi connectivity index (χ4v) is 2.62. The Morgan fingerprint density at radius 2 is 2.00 bits per heavy atom. The second-order valence-electron chi connectivity index (χ2n) is 3.84. The molecule has 0 radical (unpaired) electrons. The summed E-state index contributed by atoms with van der Waals surface area (Å²) in [7, 11) is 0. The van der Waals surface area contributed by atoms with Crippen LogP contribution in [0.1, 0.15) is 19.3 Å². The predicted octanol–water partition coefficient (Wildman–Crippen LogP) is 0.444. The highest BCUT2D eigenvalue weighted by Gasteiger charge is 2.47. The summed E-state index contributed by atoms with van der Waals surface area (Å²) < 4.78 is 0. The Morgan fingerprint density at radius 1 is 1.27 bits per heavy atom. The largest absolute Gasteiger partial charge is 0.481 e. The Balaban J connectivity index is 2.08. The maximum Gasteiger partial charge on any atom is 0.306 e. The molecule has 4 atom stereocenters. The molecule has 0 aromatic carbocycles. The summed E-state index contributed by atoms with van der Waals surface area (Å²) in [6.45, 7) is 0. The van der Waals surface area contributed by atoms with Gasteiger partial charge in [-0.2, -0.15) is 0 Å². The third kappa shape index (κ3) is 0.948. The summed E-state index contributed by atoms with van der Waals surface area (Å²) in [6.07, 6.45) is 2.81. The minimum Gasteiger partial charge on any atom is -0.481 e. The zero-order valence-corrected chi connectivity index (χ0v) is 6.36. The van der Waals surface area contributed by atoms with Crippen LogP contribution in [0.25, 0.3) is 0 Å². The van der Waals surface area contributed by atoms with Crippen LogP contribution in [-0.2, 0) is 4.79 Å². The summed E-state index contributed by atoms with van der Waals surface area (Å²) in [5, 5.41) is 8.78. The maximum atomic E-state index is 10.7. The monoisotopic (exact) mass is 155 g/mol. The Hall–Kier alpha value is -0.570. The summed E-state index contributed by atoms with van der Waals surface area (Å²) in [4.78, 5) is 10.7. The highest BCUT2D eigenvalue weighted by molar-refractivity contribution is 5.71. The second kappa shape index (κ2) is 2.21. The number of rotatable bonds is 1. The van der Waals surface area contributed by atoms with Crippen LogP contribution < -0.4 is 5.73 Å². The summed E-state index contributed by atoms with van der Waals surface area (Å²) in [6, 6.07) is 0.288. The zero-order valence-electron chi connectivity index (χ0n) is 6.36. The van der Waals surface area contributed by atoms with E-state index in [9.17, 15) is 4.79 Å². The predicted molar refractivity (Wildman–Crippen MR) is 39.9 cm³/mol. The van der Waals surface area contributed by atoms with Gasteiger partial charge in [-0.3, -0.25) is 4.79 Å². The lowest BCUT2D eigenvalue weighted by Gasteiger charge is -2.21. The number of hydrogen-bond donors (Lipinski definition) is 2. The van der Waals surface area contributed by atoms with Crippen LogP contribution in [-0.4, -0.2) is 17.1 Å². The Morgan fingerprint density at radius 3 is 2.36 bits per heavy atom. The first-order valence-electron chi connectivity index (χ1n) is 4.17. The van der Waals surface area contributed by atoms with E-state index in [0.717, 1.165) is 19.3 Å². The van der Waals surface area contributed by atoms with E-state index in [-0.39, 0.29) is 12.0 Å². The molecule has 3 heteroatoms. The van der Waals surface area contributed by atoms with Gasteiger partial charge in [0.1, 0.15) is 0 Å². The van der Waals surface area contributed by atoms with E-state index < -0.39 is 5.97 Å². The van der Waals surface area contributed by atoms with E-state index in [1.54, 1.807) is 0 Å². The minimum atomic E-state index is -0.621. The molecule has 0 saturated heterocycles. The fourth-order valence-electron chi connectivity index (χ4n) is 2.62. The smallest absolute Gasteiger partial charge is 0.306 e. The first kappa shape index (κ1) is 7.10. The van der Waals surface area contributed by atoms with Crippen LogP contribution in [0, 0.1) is 17.8 Å². The molecular formula is C8H13NO2. The van der Waals surface area contributed by atoms with Crippen molar-refractivity contribution in [1.29, 1.82) is 0 Å². The van der Waals surface area contributed by atoms with E-state index in [2.05, 4.69) is 0 Å². The Kier molecular flexibility index (Phi) is 1.42. The van der Waals surface area contributed by atoms with E-state index >= 15 is 0 Å². The molecule has 0 amide bonds. The van der Waals surface area contributed by atoms with Gasteiger partial charge in [0.25, 0.3) is 0 Å². The van der Waals surface area contributed by atoms with Gasteiger partial charge >= 0.3 is 5.97 Å². The van der Waals surface area contributed by atoms with Crippen LogP contribution in [0.2, 0.25) is 0 Å². The number of hydrogen-bond acceptors (Lipinski definition) is 2. The topological polar surface area (TPSA) is 63.3 Å².